The molecule has 0 spiro atoms. The molecule has 1 atom stereocenters. The number of carboxylic acid groups (broad SMARTS) is 1. The Kier molecular flexibility index (Phi) is 2.62. The molecule has 18 heavy (non-hydrogen) atoms. The van der Waals surface area contributed by atoms with E-state index in [-0.39, 0.29) is 0 Å². The number of carbonyl (C=O) groups is 1. The van der Waals surface area contributed by atoms with E-state index in [1.807, 2.05) is 4.90 Å². The van der Waals surface area contributed by atoms with E-state index in [2.05, 4.69) is 10.1 Å². The standard InChI is InChI=1S/C12H17N3O3/c1-12(11(16)17)5-2-6-15(12)7-9-13-10(14-18-9)8-3-4-8/h8H,2-7H2,1H3,(H,16,17). The van der Waals surface area contributed by atoms with E-state index >= 15 is 0 Å². The van der Waals surface area contributed by atoms with E-state index in [4.69, 9.17) is 4.52 Å². The van der Waals surface area contributed by atoms with Crippen molar-refractivity contribution in [2.75, 3.05) is 6.54 Å². The highest BCUT2D eigenvalue weighted by Crippen LogP contribution is 2.38. The second kappa shape index (κ2) is 4.05. The summed E-state index contributed by atoms with van der Waals surface area (Å²) >= 11 is 0. The molecule has 6 heteroatoms. The quantitative estimate of drug-likeness (QED) is 0.871. The van der Waals surface area contributed by atoms with Crippen LogP contribution in [0, 0.1) is 0 Å². The third kappa shape index (κ3) is 1.90. The van der Waals surface area contributed by atoms with Gasteiger partial charge in [0.05, 0.1) is 6.54 Å². The van der Waals surface area contributed by atoms with Gasteiger partial charge in [0, 0.05) is 5.92 Å². The molecule has 1 saturated heterocycles. The van der Waals surface area contributed by atoms with Crippen LogP contribution in [0.4, 0.5) is 0 Å². The Bertz CT molecular complexity index is 469. The molecule has 1 aromatic rings. The Morgan fingerprint density at radius 1 is 1.61 bits per heavy atom. The van der Waals surface area contributed by atoms with Crippen molar-refractivity contribution in [1.29, 1.82) is 0 Å². The molecule has 2 aliphatic rings. The van der Waals surface area contributed by atoms with Gasteiger partial charge in [-0.15, -0.1) is 0 Å². The van der Waals surface area contributed by atoms with Crippen LogP contribution in [0.25, 0.3) is 0 Å². The summed E-state index contributed by atoms with van der Waals surface area (Å²) in [6.07, 6.45) is 3.84. The van der Waals surface area contributed by atoms with Gasteiger partial charge in [0.2, 0.25) is 5.89 Å². The number of likely N-dealkylation sites (tertiary alicyclic amines) is 1. The lowest BCUT2D eigenvalue weighted by atomic mass is 9.99. The summed E-state index contributed by atoms with van der Waals surface area (Å²) < 4.78 is 5.21. The van der Waals surface area contributed by atoms with E-state index in [9.17, 15) is 9.90 Å². The zero-order valence-corrected chi connectivity index (χ0v) is 10.4. The fraction of sp³-hybridized carbons (Fsp3) is 0.750. The topological polar surface area (TPSA) is 79.5 Å². The Morgan fingerprint density at radius 2 is 2.39 bits per heavy atom. The second-order valence-corrected chi connectivity index (χ2v) is 5.42. The fourth-order valence-electron chi connectivity index (χ4n) is 2.52. The predicted molar refractivity (Wildman–Crippen MR) is 62.0 cm³/mol. The summed E-state index contributed by atoms with van der Waals surface area (Å²) in [6, 6.07) is 0. The Balaban J connectivity index is 1.72. The van der Waals surface area contributed by atoms with Gasteiger partial charge in [0.1, 0.15) is 5.54 Å². The number of aliphatic carboxylic acids is 1. The Morgan fingerprint density at radius 3 is 3.06 bits per heavy atom. The van der Waals surface area contributed by atoms with E-state index in [1.54, 1.807) is 6.92 Å². The van der Waals surface area contributed by atoms with Crippen molar-refractivity contribution in [1.82, 2.24) is 15.0 Å². The van der Waals surface area contributed by atoms with Crippen LogP contribution < -0.4 is 0 Å². The van der Waals surface area contributed by atoms with Gasteiger partial charge in [-0.2, -0.15) is 4.98 Å². The first-order valence-electron chi connectivity index (χ1n) is 6.40. The monoisotopic (exact) mass is 251 g/mol. The highest BCUT2D eigenvalue weighted by Gasteiger charge is 2.44. The van der Waals surface area contributed by atoms with Crippen molar-refractivity contribution in [2.24, 2.45) is 0 Å². The molecule has 3 rings (SSSR count). The SMILES string of the molecule is CC1(C(=O)O)CCCN1Cc1nc(C2CC2)no1. The lowest BCUT2D eigenvalue weighted by Gasteiger charge is -2.29. The Hall–Kier alpha value is -1.43. The number of hydrogen-bond donors (Lipinski definition) is 1. The number of rotatable bonds is 4. The van der Waals surface area contributed by atoms with E-state index in [0.29, 0.717) is 24.8 Å². The van der Waals surface area contributed by atoms with Gasteiger partial charge in [0.15, 0.2) is 5.82 Å². The summed E-state index contributed by atoms with van der Waals surface area (Å²) in [4.78, 5) is 17.6. The maximum Gasteiger partial charge on any atom is 0.323 e. The highest BCUT2D eigenvalue weighted by molar-refractivity contribution is 5.78. The van der Waals surface area contributed by atoms with Gasteiger partial charge in [0.25, 0.3) is 0 Å². The molecular formula is C12H17N3O3. The molecule has 2 fully saturated rings. The molecule has 0 aromatic carbocycles. The molecular weight excluding hydrogens is 234 g/mol. The average molecular weight is 251 g/mol. The van der Waals surface area contributed by atoms with Crippen LogP contribution in [0.15, 0.2) is 4.52 Å². The third-order valence-corrected chi connectivity index (χ3v) is 4.00. The summed E-state index contributed by atoms with van der Waals surface area (Å²) in [6.45, 7) is 2.97. The summed E-state index contributed by atoms with van der Waals surface area (Å²) in [5, 5.41) is 13.3. The van der Waals surface area contributed by atoms with Gasteiger partial charge < -0.3 is 9.63 Å². The first-order valence-corrected chi connectivity index (χ1v) is 6.40. The fourth-order valence-corrected chi connectivity index (χ4v) is 2.52. The summed E-state index contributed by atoms with van der Waals surface area (Å²) in [7, 11) is 0. The zero-order valence-electron chi connectivity index (χ0n) is 10.4. The molecule has 0 bridgehead atoms. The molecule has 1 aromatic heterocycles. The molecule has 2 heterocycles. The van der Waals surface area contributed by atoms with Crippen LogP contribution in [0.2, 0.25) is 0 Å². The van der Waals surface area contributed by atoms with Gasteiger partial charge in [-0.1, -0.05) is 5.16 Å². The van der Waals surface area contributed by atoms with Crippen LogP contribution in [-0.4, -0.2) is 38.2 Å². The van der Waals surface area contributed by atoms with Crippen molar-refractivity contribution in [2.45, 2.75) is 50.6 Å². The van der Waals surface area contributed by atoms with Crippen molar-refractivity contribution in [3.63, 3.8) is 0 Å². The average Bonchev–Trinajstić information content (AvgIpc) is 2.97. The first kappa shape index (κ1) is 11.6. The number of aromatic nitrogens is 2. The molecule has 1 N–H and O–H groups in total. The number of hydrogen-bond acceptors (Lipinski definition) is 5. The summed E-state index contributed by atoms with van der Waals surface area (Å²) in [5.41, 5.74) is -0.797. The van der Waals surface area contributed by atoms with E-state index < -0.39 is 11.5 Å². The maximum absolute atomic E-state index is 11.3. The van der Waals surface area contributed by atoms with E-state index in [1.165, 1.54) is 0 Å². The molecule has 1 aliphatic heterocycles. The van der Waals surface area contributed by atoms with Gasteiger partial charge in [-0.25, -0.2) is 0 Å². The molecule has 0 amide bonds. The molecule has 0 radical (unpaired) electrons. The zero-order chi connectivity index (χ0) is 12.8. The van der Waals surface area contributed by atoms with Gasteiger partial charge >= 0.3 is 5.97 Å². The minimum atomic E-state index is -0.797. The highest BCUT2D eigenvalue weighted by atomic mass is 16.5. The third-order valence-electron chi connectivity index (χ3n) is 4.00. The van der Waals surface area contributed by atoms with Crippen molar-refractivity contribution in [3.8, 4) is 0 Å². The molecule has 98 valence electrons. The molecule has 1 saturated carbocycles. The van der Waals surface area contributed by atoms with Crippen LogP contribution in [0.5, 0.6) is 0 Å². The van der Waals surface area contributed by atoms with Crippen molar-refractivity contribution in [3.05, 3.63) is 11.7 Å². The van der Waals surface area contributed by atoms with Gasteiger partial charge in [-0.3, -0.25) is 9.69 Å². The Labute approximate surface area is 105 Å². The van der Waals surface area contributed by atoms with Crippen molar-refractivity contribution >= 4 is 5.97 Å². The minimum Gasteiger partial charge on any atom is -0.480 e. The maximum atomic E-state index is 11.3. The second-order valence-electron chi connectivity index (χ2n) is 5.42. The lowest BCUT2D eigenvalue weighted by molar-refractivity contribution is -0.149. The summed E-state index contributed by atoms with van der Waals surface area (Å²) in [5.74, 6) is 1.00. The van der Waals surface area contributed by atoms with Crippen molar-refractivity contribution < 1.29 is 14.4 Å². The molecule has 1 aliphatic carbocycles. The number of carboxylic acids is 1. The van der Waals surface area contributed by atoms with Gasteiger partial charge in [-0.05, 0) is 39.2 Å². The van der Waals surface area contributed by atoms with Crippen LogP contribution >= 0.6 is 0 Å². The number of nitrogens with zero attached hydrogens (tertiary/aromatic N) is 3. The smallest absolute Gasteiger partial charge is 0.323 e. The van der Waals surface area contributed by atoms with Crippen LogP contribution in [-0.2, 0) is 11.3 Å². The molecule has 6 nitrogen and oxygen atoms in total. The largest absolute Gasteiger partial charge is 0.480 e. The normalized spacial score (nSPS) is 28.7. The predicted octanol–water partition coefficient (Wildman–Crippen LogP) is 1.39. The van der Waals surface area contributed by atoms with Crippen LogP contribution in [0.1, 0.15) is 50.2 Å². The minimum absolute atomic E-state index is 0.433. The van der Waals surface area contributed by atoms with Crippen LogP contribution in [0.3, 0.4) is 0 Å². The molecule has 1 unspecified atom stereocenters. The lowest BCUT2D eigenvalue weighted by Crippen LogP contribution is -2.47. The van der Waals surface area contributed by atoms with E-state index in [0.717, 1.165) is 31.6 Å². The first-order chi connectivity index (χ1) is 8.59.